The fourth-order valence-electron chi connectivity index (χ4n) is 3.80. The SMILES string of the molecule is COCCN1CCN(C(=O)Cc2sc(C)nc2C)[C@H]2CS(=O)(=O)C[C@H]21. The van der Waals surface area contributed by atoms with Gasteiger partial charge in [-0.05, 0) is 13.8 Å². The van der Waals surface area contributed by atoms with E-state index in [0.29, 0.717) is 32.7 Å². The highest BCUT2D eigenvalue weighted by Gasteiger charge is 2.47. The first-order chi connectivity index (χ1) is 11.8. The van der Waals surface area contributed by atoms with Crippen molar-refractivity contribution >= 4 is 27.1 Å². The molecule has 3 heterocycles. The summed E-state index contributed by atoms with van der Waals surface area (Å²) >= 11 is 1.54. The predicted octanol–water partition coefficient (Wildman–Crippen LogP) is 0.259. The van der Waals surface area contributed by atoms with E-state index < -0.39 is 9.84 Å². The van der Waals surface area contributed by atoms with Crippen LogP contribution in [-0.4, -0.2) is 86.0 Å². The normalized spacial score (nSPS) is 26.0. The summed E-state index contributed by atoms with van der Waals surface area (Å²) in [5, 5.41) is 0.950. The monoisotopic (exact) mass is 387 g/mol. The third-order valence-corrected chi connectivity index (χ3v) is 7.78. The van der Waals surface area contributed by atoms with Crippen LogP contribution < -0.4 is 0 Å². The number of aromatic nitrogens is 1. The molecule has 3 rings (SSSR count). The number of hydrogen-bond acceptors (Lipinski definition) is 7. The maximum absolute atomic E-state index is 12.9. The van der Waals surface area contributed by atoms with E-state index in [2.05, 4.69) is 9.88 Å². The van der Waals surface area contributed by atoms with Crippen LogP contribution in [0.2, 0.25) is 0 Å². The molecule has 7 nitrogen and oxygen atoms in total. The molecular weight excluding hydrogens is 362 g/mol. The number of carbonyl (C=O) groups is 1. The third-order valence-electron chi connectivity index (χ3n) is 5.01. The highest BCUT2D eigenvalue weighted by Crippen LogP contribution is 2.28. The summed E-state index contributed by atoms with van der Waals surface area (Å²) in [5.41, 5.74) is 0.894. The van der Waals surface area contributed by atoms with Gasteiger partial charge in [0.1, 0.15) is 0 Å². The Morgan fingerprint density at radius 3 is 2.64 bits per heavy atom. The van der Waals surface area contributed by atoms with Crippen LogP contribution in [0.25, 0.3) is 0 Å². The van der Waals surface area contributed by atoms with Crippen molar-refractivity contribution in [3.8, 4) is 0 Å². The Labute approximate surface area is 152 Å². The molecule has 1 aromatic rings. The van der Waals surface area contributed by atoms with E-state index in [1.165, 1.54) is 11.3 Å². The van der Waals surface area contributed by atoms with E-state index in [1.807, 2.05) is 13.8 Å². The first-order valence-electron chi connectivity index (χ1n) is 8.46. The molecule has 0 saturated carbocycles. The summed E-state index contributed by atoms with van der Waals surface area (Å²) in [5.74, 6) is 0.197. The Bertz CT molecular complexity index is 747. The number of hydrogen-bond donors (Lipinski definition) is 0. The number of methoxy groups -OCH3 is 1. The standard InChI is InChI=1S/C16H25N3O4S2/c1-11-15(24-12(2)17-11)8-16(20)19-5-4-18(6-7-23-3)13-9-25(21,22)10-14(13)19/h13-14H,4-10H2,1-3H3/t13-,14+/m1/s1. The number of thiazole rings is 1. The zero-order valence-corrected chi connectivity index (χ0v) is 16.5. The van der Waals surface area contributed by atoms with Gasteiger partial charge in [0.15, 0.2) is 9.84 Å². The van der Waals surface area contributed by atoms with Crippen LogP contribution in [0.4, 0.5) is 0 Å². The van der Waals surface area contributed by atoms with E-state index in [-0.39, 0.29) is 29.5 Å². The topological polar surface area (TPSA) is 79.8 Å². The summed E-state index contributed by atoms with van der Waals surface area (Å²) in [4.78, 5) is 22.2. The Morgan fingerprint density at radius 1 is 1.28 bits per heavy atom. The summed E-state index contributed by atoms with van der Waals surface area (Å²) in [6, 6.07) is -0.375. The fraction of sp³-hybridized carbons (Fsp3) is 0.750. The summed E-state index contributed by atoms with van der Waals surface area (Å²) in [6.45, 7) is 6.36. The van der Waals surface area contributed by atoms with Gasteiger partial charge in [-0.15, -0.1) is 11.3 Å². The zero-order chi connectivity index (χ0) is 18.2. The minimum Gasteiger partial charge on any atom is -0.383 e. The van der Waals surface area contributed by atoms with E-state index in [1.54, 1.807) is 12.0 Å². The van der Waals surface area contributed by atoms with Gasteiger partial charge in [-0.1, -0.05) is 0 Å². The Balaban J connectivity index is 1.76. The van der Waals surface area contributed by atoms with E-state index in [9.17, 15) is 13.2 Å². The quantitative estimate of drug-likeness (QED) is 0.721. The van der Waals surface area contributed by atoms with Crippen LogP contribution in [0.15, 0.2) is 0 Å². The number of fused-ring (bicyclic) bond motifs is 1. The molecule has 0 unspecified atom stereocenters. The minimum absolute atomic E-state index is 0.00485. The molecule has 2 saturated heterocycles. The number of rotatable bonds is 5. The van der Waals surface area contributed by atoms with Crippen LogP contribution in [0.3, 0.4) is 0 Å². The third kappa shape index (κ3) is 4.05. The van der Waals surface area contributed by atoms with Crippen molar-refractivity contribution in [3.05, 3.63) is 15.6 Å². The van der Waals surface area contributed by atoms with Crippen molar-refractivity contribution in [2.45, 2.75) is 32.4 Å². The lowest BCUT2D eigenvalue weighted by molar-refractivity contribution is -0.136. The molecule has 1 amide bonds. The number of carbonyl (C=O) groups excluding carboxylic acids is 1. The van der Waals surface area contributed by atoms with Crippen molar-refractivity contribution in [2.24, 2.45) is 0 Å². The maximum Gasteiger partial charge on any atom is 0.228 e. The number of sulfone groups is 1. The average Bonchev–Trinajstić information content (AvgIpc) is 3.02. The molecular formula is C16H25N3O4S2. The Kier molecular flexibility index (Phi) is 5.48. The summed E-state index contributed by atoms with van der Waals surface area (Å²) < 4.78 is 29.5. The molecule has 9 heteroatoms. The second kappa shape index (κ2) is 7.30. The first-order valence-corrected chi connectivity index (χ1v) is 11.1. The van der Waals surface area contributed by atoms with E-state index in [4.69, 9.17) is 4.74 Å². The molecule has 0 bridgehead atoms. The lowest BCUT2D eigenvalue weighted by Crippen LogP contribution is -2.61. The molecule has 2 atom stereocenters. The smallest absolute Gasteiger partial charge is 0.228 e. The number of piperazine rings is 1. The Hall–Kier alpha value is -1.03. The molecule has 0 N–H and O–H groups in total. The van der Waals surface area contributed by atoms with Gasteiger partial charge in [-0.2, -0.15) is 0 Å². The predicted molar refractivity (Wildman–Crippen MR) is 96.7 cm³/mol. The lowest BCUT2D eigenvalue weighted by atomic mass is 10.0. The summed E-state index contributed by atoms with van der Waals surface area (Å²) in [6.07, 6.45) is 0.304. The number of amides is 1. The van der Waals surface area contributed by atoms with Crippen LogP contribution in [0.5, 0.6) is 0 Å². The Morgan fingerprint density at radius 2 is 2.00 bits per heavy atom. The second-order valence-corrected chi connectivity index (χ2v) is 10.2. The fourth-order valence-corrected chi connectivity index (χ4v) is 6.74. The van der Waals surface area contributed by atoms with Gasteiger partial charge in [0.2, 0.25) is 5.91 Å². The van der Waals surface area contributed by atoms with Gasteiger partial charge >= 0.3 is 0 Å². The molecule has 140 valence electrons. The van der Waals surface area contributed by atoms with Crippen molar-refractivity contribution < 1.29 is 17.9 Å². The lowest BCUT2D eigenvalue weighted by Gasteiger charge is -2.43. The molecule has 0 spiro atoms. The largest absolute Gasteiger partial charge is 0.383 e. The molecule has 2 aliphatic rings. The molecule has 25 heavy (non-hydrogen) atoms. The number of ether oxygens (including phenoxy) is 1. The zero-order valence-electron chi connectivity index (χ0n) is 14.9. The van der Waals surface area contributed by atoms with Gasteiger partial charge < -0.3 is 9.64 Å². The van der Waals surface area contributed by atoms with Crippen molar-refractivity contribution in [2.75, 3.05) is 44.9 Å². The van der Waals surface area contributed by atoms with Gasteiger partial charge in [0.05, 0.1) is 41.3 Å². The summed E-state index contributed by atoms with van der Waals surface area (Å²) in [7, 11) is -1.48. The van der Waals surface area contributed by atoms with Crippen LogP contribution >= 0.6 is 11.3 Å². The molecule has 0 aliphatic carbocycles. The second-order valence-electron chi connectivity index (χ2n) is 6.75. The number of aryl methyl sites for hydroxylation is 2. The molecule has 0 aromatic carbocycles. The molecule has 1 aromatic heterocycles. The van der Waals surface area contributed by atoms with E-state index in [0.717, 1.165) is 15.6 Å². The highest BCUT2D eigenvalue weighted by molar-refractivity contribution is 7.91. The van der Waals surface area contributed by atoms with Gasteiger partial charge in [0, 0.05) is 37.7 Å². The van der Waals surface area contributed by atoms with Crippen LogP contribution in [0.1, 0.15) is 15.6 Å². The van der Waals surface area contributed by atoms with Gasteiger partial charge in [-0.25, -0.2) is 13.4 Å². The van der Waals surface area contributed by atoms with Crippen LogP contribution in [-0.2, 0) is 25.8 Å². The highest BCUT2D eigenvalue weighted by atomic mass is 32.2. The number of nitrogens with zero attached hydrogens (tertiary/aromatic N) is 3. The van der Waals surface area contributed by atoms with E-state index >= 15 is 0 Å². The first kappa shape index (κ1) is 18.8. The maximum atomic E-state index is 12.9. The average molecular weight is 388 g/mol. The molecule has 0 radical (unpaired) electrons. The molecule has 2 fully saturated rings. The van der Waals surface area contributed by atoms with Crippen molar-refractivity contribution in [3.63, 3.8) is 0 Å². The molecule has 2 aliphatic heterocycles. The van der Waals surface area contributed by atoms with Crippen molar-refractivity contribution in [1.82, 2.24) is 14.8 Å². The van der Waals surface area contributed by atoms with Crippen molar-refractivity contribution in [1.29, 1.82) is 0 Å². The van der Waals surface area contributed by atoms with Gasteiger partial charge in [0.25, 0.3) is 0 Å². The van der Waals surface area contributed by atoms with Gasteiger partial charge in [-0.3, -0.25) is 9.69 Å². The van der Waals surface area contributed by atoms with Crippen LogP contribution in [0, 0.1) is 13.8 Å². The minimum atomic E-state index is -3.12.